The van der Waals surface area contributed by atoms with Gasteiger partial charge in [0.25, 0.3) is 0 Å². The third kappa shape index (κ3) is 3.58. The topological polar surface area (TPSA) is 45.2 Å². The average molecular weight is 366 g/mol. The number of thiazole rings is 1. The van der Waals surface area contributed by atoms with Gasteiger partial charge >= 0.3 is 0 Å². The van der Waals surface area contributed by atoms with Crippen molar-refractivity contribution in [3.05, 3.63) is 48.5 Å². The third-order valence-electron chi connectivity index (χ3n) is 4.82. The Morgan fingerprint density at radius 1 is 1.12 bits per heavy atom. The SMILES string of the molecule is C[C@H](Nc1cccc(-c2nc3ccccc3s2)c1)C(=O)N1CCCCC1. The van der Waals surface area contributed by atoms with Crippen LogP contribution in [0.3, 0.4) is 0 Å². The predicted molar refractivity (Wildman–Crippen MR) is 109 cm³/mol. The number of para-hydroxylation sites is 1. The molecule has 1 fully saturated rings. The molecule has 2 aromatic carbocycles. The Balaban J connectivity index is 1.51. The number of fused-ring (bicyclic) bond motifs is 1. The van der Waals surface area contributed by atoms with E-state index in [1.165, 1.54) is 11.1 Å². The lowest BCUT2D eigenvalue weighted by Gasteiger charge is -2.29. The van der Waals surface area contributed by atoms with Crippen molar-refractivity contribution in [3.8, 4) is 10.6 Å². The van der Waals surface area contributed by atoms with Gasteiger partial charge in [0.2, 0.25) is 5.91 Å². The maximum atomic E-state index is 12.6. The van der Waals surface area contributed by atoms with Gasteiger partial charge in [-0.15, -0.1) is 11.3 Å². The molecule has 5 heteroatoms. The number of hydrogen-bond acceptors (Lipinski definition) is 4. The fourth-order valence-electron chi connectivity index (χ4n) is 3.44. The minimum atomic E-state index is -0.223. The van der Waals surface area contributed by atoms with E-state index in [1.807, 2.05) is 42.2 Å². The molecule has 26 heavy (non-hydrogen) atoms. The summed E-state index contributed by atoms with van der Waals surface area (Å²) < 4.78 is 1.19. The predicted octanol–water partition coefficient (Wildman–Crippen LogP) is 4.78. The van der Waals surface area contributed by atoms with Gasteiger partial charge in [-0.3, -0.25) is 4.79 Å². The number of aromatic nitrogens is 1. The number of anilines is 1. The van der Waals surface area contributed by atoms with Crippen LogP contribution in [0.1, 0.15) is 26.2 Å². The first-order valence-corrected chi connectivity index (χ1v) is 10.0. The molecule has 4 nitrogen and oxygen atoms in total. The van der Waals surface area contributed by atoms with Gasteiger partial charge in [-0.05, 0) is 50.5 Å². The first-order chi connectivity index (χ1) is 12.7. The van der Waals surface area contributed by atoms with Crippen LogP contribution in [0, 0.1) is 0 Å². The van der Waals surface area contributed by atoms with Crippen LogP contribution in [-0.2, 0) is 4.79 Å². The number of benzene rings is 2. The van der Waals surface area contributed by atoms with E-state index in [9.17, 15) is 4.79 Å². The summed E-state index contributed by atoms with van der Waals surface area (Å²) in [5, 5.41) is 4.37. The summed E-state index contributed by atoms with van der Waals surface area (Å²) in [6.45, 7) is 3.72. The monoisotopic (exact) mass is 365 g/mol. The van der Waals surface area contributed by atoms with E-state index in [0.29, 0.717) is 0 Å². The molecule has 4 rings (SSSR count). The van der Waals surface area contributed by atoms with E-state index in [-0.39, 0.29) is 11.9 Å². The van der Waals surface area contributed by atoms with Crippen molar-refractivity contribution in [2.45, 2.75) is 32.2 Å². The zero-order valence-electron chi connectivity index (χ0n) is 14.9. The minimum absolute atomic E-state index is 0.190. The van der Waals surface area contributed by atoms with E-state index in [4.69, 9.17) is 4.98 Å². The number of hydrogen-bond donors (Lipinski definition) is 1. The molecule has 0 spiro atoms. The first-order valence-electron chi connectivity index (χ1n) is 9.22. The molecule has 1 amide bonds. The smallest absolute Gasteiger partial charge is 0.244 e. The number of amides is 1. The number of rotatable bonds is 4. The van der Waals surface area contributed by atoms with Gasteiger partial charge in [-0.25, -0.2) is 4.98 Å². The van der Waals surface area contributed by atoms with Crippen LogP contribution in [0.5, 0.6) is 0 Å². The number of nitrogens with one attached hydrogen (secondary N) is 1. The van der Waals surface area contributed by atoms with Crippen molar-refractivity contribution in [1.29, 1.82) is 0 Å². The van der Waals surface area contributed by atoms with Crippen molar-refractivity contribution in [1.82, 2.24) is 9.88 Å². The van der Waals surface area contributed by atoms with Crippen molar-refractivity contribution in [3.63, 3.8) is 0 Å². The molecule has 0 saturated carbocycles. The van der Waals surface area contributed by atoms with Crippen molar-refractivity contribution in [2.75, 3.05) is 18.4 Å². The lowest BCUT2D eigenvalue weighted by Crippen LogP contribution is -2.43. The second-order valence-electron chi connectivity index (χ2n) is 6.82. The summed E-state index contributed by atoms with van der Waals surface area (Å²) in [6, 6.07) is 16.1. The standard InChI is InChI=1S/C21H23N3OS/c1-15(21(25)24-12-5-2-6-13-24)22-17-9-7-8-16(14-17)20-23-18-10-3-4-11-19(18)26-20/h3-4,7-11,14-15,22H,2,5-6,12-13H2,1H3/t15-/m0/s1. The summed E-state index contributed by atoms with van der Waals surface area (Å²) >= 11 is 1.69. The van der Waals surface area contributed by atoms with Crippen molar-refractivity contribution in [2.24, 2.45) is 0 Å². The largest absolute Gasteiger partial charge is 0.374 e. The molecule has 0 unspecified atom stereocenters. The highest BCUT2D eigenvalue weighted by molar-refractivity contribution is 7.21. The Bertz CT molecular complexity index is 881. The maximum absolute atomic E-state index is 12.6. The Morgan fingerprint density at radius 3 is 2.73 bits per heavy atom. The third-order valence-corrected chi connectivity index (χ3v) is 5.91. The van der Waals surface area contributed by atoms with Crippen LogP contribution in [-0.4, -0.2) is 34.9 Å². The Hall–Kier alpha value is -2.40. The highest BCUT2D eigenvalue weighted by Gasteiger charge is 2.22. The summed E-state index contributed by atoms with van der Waals surface area (Å²) in [7, 11) is 0. The molecule has 0 aliphatic carbocycles. The summed E-state index contributed by atoms with van der Waals surface area (Å²) in [4.78, 5) is 19.3. The molecule has 1 atom stereocenters. The number of nitrogens with zero attached hydrogens (tertiary/aromatic N) is 2. The first kappa shape index (κ1) is 17.0. The molecule has 0 radical (unpaired) electrons. The van der Waals surface area contributed by atoms with E-state index < -0.39 is 0 Å². The Morgan fingerprint density at radius 2 is 1.92 bits per heavy atom. The van der Waals surface area contributed by atoms with E-state index >= 15 is 0 Å². The van der Waals surface area contributed by atoms with Crippen LogP contribution in [0.2, 0.25) is 0 Å². The van der Waals surface area contributed by atoms with Gasteiger partial charge < -0.3 is 10.2 Å². The van der Waals surface area contributed by atoms with E-state index in [2.05, 4.69) is 23.5 Å². The van der Waals surface area contributed by atoms with Crippen LogP contribution >= 0.6 is 11.3 Å². The number of carbonyl (C=O) groups is 1. The van der Waals surface area contributed by atoms with Gasteiger partial charge in [-0.2, -0.15) is 0 Å². The van der Waals surface area contributed by atoms with Crippen LogP contribution in [0.15, 0.2) is 48.5 Å². The van der Waals surface area contributed by atoms with E-state index in [1.54, 1.807) is 11.3 Å². The fourth-order valence-corrected chi connectivity index (χ4v) is 4.40. The molecule has 2 heterocycles. The molecular formula is C21H23N3OS. The molecule has 1 aromatic heterocycles. The molecule has 1 N–H and O–H groups in total. The Kier molecular flexibility index (Phi) is 4.89. The second-order valence-corrected chi connectivity index (χ2v) is 7.85. The van der Waals surface area contributed by atoms with Crippen LogP contribution in [0.4, 0.5) is 5.69 Å². The lowest BCUT2D eigenvalue weighted by atomic mass is 10.1. The normalized spacial score (nSPS) is 15.8. The highest BCUT2D eigenvalue weighted by atomic mass is 32.1. The van der Waals surface area contributed by atoms with Crippen molar-refractivity contribution < 1.29 is 4.79 Å². The maximum Gasteiger partial charge on any atom is 0.244 e. The van der Waals surface area contributed by atoms with Crippen LogP contribution < -0.4 is 5.32 Å². The number of likely N-dealkylation sites (tertiary alicyclic amines) is 1. The van der Waals surface area contributed by atoms with Crippen LogP contribution in [0.25, 0.3) is 20.8 Å². The van der Waals surface area contributed by atoms with Gasteiger partial charge in [0.1, 0.15) is 11.0 Å². The second kappa shape index (κ2) is 7.46. The minimum Gasteiger partial charge on any atom is -0.374 e. The molecule has 134 valence electrons. The molecule has 1 saturated heterocycles. The zero-order chi connectivity index (χ0) is 17.9. The molecular weight excluding hydrogens is 342 g/mol. The fraction of sp³-hybridized carbons (Fsp3) is 0.333. The van der Waals surface area contributed by atoms with Gasteiger partial charge in [-0.1, -0.05) is 24.3 Å². The Labute approximate surface area is 157 Å². The number of carbonyl (C=O) groups excluding carboxylic acids is 1. The molecule has 0 bridgehead atoms. The summed E-state index contributed by atoms with van der Waals surface area (Å²) in [5.74, 6) is 0.190. The van der Waals surface area contributed by atoms with Gasteiger partial charge in [0.15, 0.2) is 0 Å². The summed E-state index contributed by atoms with van der Waals surface area (Å²) in [5.41, 5.74) is 3.06. The summed E-state index contributed by atoms with van der Waals surface area (Å²) in [6.07, 6.45) is 3.47. The highest BCUT2D eigenvalue weighted by Crippen LogP contribution is 2.31. The molecule has 1 aliphatic heterocycles. The number of piperidine rings is 1. The molecule has 1 aliphatic rings. The van der Waals surface area contributed by atoms with Gasteiger partial charge in [0.05, 0.1) is 10.2 Å². The van der Waals surface area contributed by atoms with Crippen molar-refractivity contribution >= 4 is 33.1 Å². The molecule has 3 aromatic rings. The quantitative estimate of drug-likeness (QED) is 0.724. The zero-order valence-corrected chi connectivity index (χ0v) is 15.8. The lowest BCUT2D eigenvalue weighted by molar-refractivity contribution is -0.132. The average Bonchev–Trinajstić information content (AvgIpc) is 3.12. The van der Waals surface area contributed by atoms with E-state index in [0.717, 1.165) is 47.7 Å². The van der Waals surface area contributed by atoms with Gasteiger partial charge in [0, 0.05) is 24.3 Å².